The average Bonchev–Trinajstić information content (AvgIpc) is 2.73. The maximum atomic E-state index is 12.5. The Labute approximate surface area is 170 Å². The zero-order chi connectivity index (χ0) is 20.6. The molecule has 0 saturated carbocycles. The van der Waals surface area contributed by atoms with Crippen molar-refractivity contribution in [2.24, 2.45) is 0 Å². The van der Waals surface area contributed by atoms with Gasteiger partial charge in [-0.3, -0.25) is 4.79 Å². The first-order valence-electron chi connectivity index (χ1n) is 9.43. The van der Waals surface area contributed by atoms with E-state index in [1.54, 1.807) is 13.0 Å². The molecule has 3 aromatic rings. The topological polar surface area (TPSA) is 55.4 Å². The lowest BCUT2D eigenvalue weighted by molar-refractivity contribution is -0.148. The number of benzene rings is 3. The van der Waals surface area contributed by atoms with E-state index in [1.807, 2.05) is 85.8 Å². The number of nitrogens with one attached hydrogen (secondary N) is 1. The fraction of sp³-hybridized carbons (Fsp3) is 0.120. The quantitative estimate of drug-likeness (QED) is 0.466. The average molecular weight is 385 g/mol. The van der Waals surface area contributed by atoms with Crippen LogP contribution >= 0.6 is 0 Å². The summed E-state index contributed by atoms with van der Waals surface area (Å²) in [6.45, 7) is 3.54. The number of carbonyl (C=O) groups is 2. The molecule has 4 nitrogen and oxygen atoms in total. The Hall–Kier alpha value is -3.66. The number of para-hydroxylation sites is 1. The molecule has 0 heterocycles. The summed E-state index contributed by atoms with van der Waals surface area (Å²) in [5, 5.41) is 2.86. The number of carbonyl (C=O) groups excluding carboxylic acids is 2. The van der Waals surface area contributed by atoms with E-state index in [0.717, 1.165) is 22.3 Å². The maximum Gasteiger partial charge on any atom is 0.331 e. The summed E-state index contributed by atoms with van der Waals surface area (Å²) in [6, 6.07) is 25.1. The van der Waals surface area contributed by atoms with Gasteiger partial charge in [-0.2, -0.15) is 0 Å². The van der Waals surface area contributed by atoms with Crippen molar-refractivity contribution in [3.8, 4) is 11.1 Å². The molecule has 3 aromatic carbocycles. The lowest BCUT2D eigenvalue weighted by Crippen LogP contribution is -2.29. The van der Waals surface area contributed by atoms with E-state index in [9.17, 15) is 9.59 Å². The summed E-state index contributed by atoms with van der Waals surface area (Å²) in [7, 11) is 0. The second-order valence-corrected chi connectivity index (χ2v) is 6.73. The van der Waals surface area contributed by atoms with Gasteiger partial charge in [-0.05, 0) is 37.1 Å². The minimum Gasteiger partial charge on any atom is -0.449 e. The predicted octanol–water partition coefficient (Wildman–Crippen LogP) is 5.25. The third-order valence-electron chi connectivity index (χ3n) is 4.39. The van der Waals surface area contributed by atoms with Crippen molar-refractivity contribution in [3.63, 3.8) is 0 Å². The van der Waals surface area contributed by atoms with Crippen LogP contribution < -0.4 is 5.32 Å². The van der Waals surface area contributed by atoms with Crippen LogP contribution in [-0.2, 0) is 14.3 Å². The molecule has 29 heavy (non-hydrogen) atoms. The first kappa shape index (κ1) is 20.1. The molecule has 0 bridgehead atoms. The molecule has 1 amide bonds. The molecule has 0 aromatic heterocycles. The summed E-state index contributed by atoms with van der Waals surface area (Å²) in [5.41, 5.74) is 4.57. The van der Waals surface area contributed by atoms with Crippen LogP contribution in [-0.4, -0.2) is 18.0 Å². The van der Waals surface area contributed by atoms with Crippen LogP contribution in [0, 0.1) is 6.92 Å². The van der Waals surface area contributed by atoms with E-state index in [4.69, 9.17) is 4.74 Å². The van der Waals surface area contributed by atoms with Gasteiger partial charge >= 0.3 is 5.97 Å². The van der Waals surface area contributed by atoms with Crippen LogP contribution in [0.15, 0.2) is 84.9 Å². The van der Waals surface area contributed by atoms with E-state index in [2.05, 4.69) is 5.32 Å². The minimum atomic E-state index is -0.923. The molecule has 0 radical (unpaired) electrons. The molecule has 1 atom stereocenters. The Balaban J connectivity index is 1.63. The number of anilines is 1. The Morgan fingerprint density at radius 1 is 0.931 bits per heavy atom. The molecule has 3 rings (SSSR count). The van der Waals surface area contributed by atoms with Crippen LogP contribution in [0.1, 0.15) is 18.1 Å². The van der Waals surface area contributed by atoms with Crippen molar-refractivity contribution in [3.05, 3.63) is 96.1 Å². The first-order valence-corrected chi connectivity index (χ1v) is 9.43. The van der Waals surface area contributed by atoms with Gasteiger partial charge < -0.3 is 10.1 Å². The zero-order valence-electron chi connectivity index (χ0n) is 16.5. The van der Waals surface area contributed by atoms with Crippen LogP contribution in [0.4, 0.5) is 5.69 Å². The highest BCUT2D eigenvalue weighted by atomic mass is 16.5. The van der Waals surface area contributed by atoms with Crippen molar-refractivity contribution >= 4 is 23.6 Å². The third-order valence-corrected chi connectivity index (χ3v) is 4.39. The number of amides is 1. The van der Waals surface area contributed by atoms with Crippen LogP contribution in [0.25, 0.3) is 17.2 Å². The van der Waals surface area contributed by atoms with Gasteiger partial charge in [0.05, 0.1) is 0 Å². The minimum absolute atomic E-state index is 0.384. The Morgan fingerprint density at radius 2 is 1.66 bits per heavy atom. The Bertz CT molecular complexity index is 1030. The smallest absolute Gasteiger partial charge is 0.331 e. The van der Waals surface area contributed by atoms with E-state index in [0.29, 0.717) is 5.69 Å². The fourth-order valence-electron chi connectivity index (χ4n) is 2.90. The summed E-state index contributed by atoms with van der Waals surface area (Å²) in [5.74, 6) is -0.948. The SMILES string of the molecule is Cc1cccc(/C=C/C(=O)O[C@@H](C)C(=O)Nc2ccccc2-c2ccccc2)c1. The highest BCUT2D eigenvalue weighted by Gasteiger charge is 2.18. The Kier molecular flexibility index (Phi) is 6.59. The van der Waals surface area contributed by atoms with Crippen LogP contribution in [0.3, 0.4) is 0 Å². The lowest BCUT2D eigenvalue weighted by atomic mass is 10.0. The second-order valence-electron chi connectivity index (χ2n) is 6.73. The summed E-state index contributed by atoms with van der Waals surface area (Å²) in [4.78, 5) is 24.6. The molecule has 1 N–H and O–H groups in total. The van der Waals surface area contributed by atoms with Crippen molar-refractivity contribution in [2.75, 3.05) is 5.32 Å². The molecule has 0 fully saturated rings. The molecule has 146 valence electrons. The van der Waals surface area contributed by atoms with Gasteiger partial charge in [0.2, 0.25) is 0 Å². The van der Waals surface area contributed by atoms with Crippen molar-refractivity contribution in [2.45, 2.75) is 20.0 Å². The number of ether oxygens (including phenoxy) is 1. The maximum absolute atomic E-state index is 12.5. The number of hydrogen-bond acceptors (Lipinski definition) is 3. The Morgan fingerprint density at radius 3 is 2.41 bits per heavy atom. The van der Waals surface area contributed by atoms with E-state index < -0.39 is 12.1 Å². The second kappa shape index (κ2) is 9.51. The van der Waals surface area contributed by atoms with Crippen molar-refractivity contribution in [1.29, 1.82) is 0 Å². The highest BCUT2D eigenvalue weighted by Crippen LogP contribution is 2.27. The van der Waals surface area contributed by atoms with Crippen LogP contribution in [0.5, 0.6) is 0 Å². The molecule has 0 aliphatic carbocycles. The summed E-state index contributed by atoms with van der Waals surface area (Å²) in [6.07, 6.45) is 2.08. The van der Waals surface area contributed by atoms with E-state index in [1.165, 1.54) is 6.08 Å². The van der Waals surface area contributed by atoms with Gasteiger partial charge in [0.15, 0.2) is 6.10 Å². The van der Waals surface area contributed by atoms with Crippen LogP contribution in [0.2, 0.25) is 0 Å². The van der Waals surface area contributed by atoms with E-state index in [-0.39, 0.29) is 5.91 Å². The monoisotopic (exact) mass is 385 g/mol. The number of rotatable bonds is 6. The highest BCUT2D eigenvalue weighted by molar-refractivity contribution is 5.99. The summed E-state index contributed by atoms with van der Waals surface area (Å²) >= 11 is 0. The first-order chi connectivity index (χ1) is 14.0. The molecular weight excluding hydrogens is 362 g/mol. The molecule has 0 aliphatic heterocycles. The number of hydrogen-bond donors (Lipinski definition) is 1. The van der Waals surface area contributed by atoms with Crippen molar-refractivity contribution < 1.29 is 14.3 Å². The van der Waals surface area contributed by atoms with Gasteiger partial charge in [-0.25, -0.2) is 4.79 Å². The van der Waals surface area contributed by atoms with Gasteiger partial charge in [0, 0.05) is 17.3 Å². The van der Waals surface area contributed by atoms with Gasteiger partial charge in [0.25, 0.3) is 5.91 Å². The largest absolute Gasteiger partial charge is 0.449 e. The lowest BCUT2D eigenvalue weighted by Gasteiger charge is -2.15. The standard InChI is InChI=1S/C25H23NO3/c1-18-9-8-10-20(17-18)15-16-24(27)29-19(2)25(28)26-23-14-7-6-13-22(23)21-11-4-3-5-12-21/h3-17,19H,1-2H3,(H,26,28)/b16-15+/t19-/m0/s1. The molecule has 0 unspecified atom stereocenters. The van der Waals surface area contributed by atoms with E-state index >= 15 is 0 Å². The molecule has 0 aliphatic rings. The molecule has 4 heteroatoms. The van der Waals surface area contributed by atoms with Gasteiger partial charge in [0.1, 0.15) is 0 Å². The predicted molar refractivity (Wildman–Crippen MR) is 116 cm³/mol. The van der Waals surface area contributed by atoms with Crippen molar-refractivity contribution in [1.82, 2.24) is 0 Å². The molecular formula is C25H23NO3. The zero-order valence-corrected chi connectivity index (χ0v) is 16.5. The number of aryl methyl sites for hydroxylation is 1. The molecule has 0 spiro atoms. The van der Waals surface area contributed by atoms with Gasteiger partial charge in [-0.1, -0.05) is 78.4 Å². The normalized spacial score (nSPS) is 11.8. The fourth-order valence-corrected chi connectivity index (χ4v) is 2.90. The van der Waals surface area contributed by atoms with Gasteiger partial charge in [-0.15, -0.1) is 0 Å². The number of esters is 1. The molecule has 0 saturated heterocycles. The third kappa shape index (κ3) is 5.66. The summed E-state index contributed by atoms with van der Waals surface area (Å²) < 4.78 is 5.24.